The van der Waals surface area contributed by atoms with Gasteiger partial charge >= 0.3 is 5.97 Å². The zero-order valence-corrected chi connectivity index (χ0v) is 18.7. The van der Waals surface area contributed by atoms with Gasteiger partial charge in [0.05, 0.1) is 92.5 Å². The summed E-state index contributed by atoms with van der Waals surface area (Å²) >= 11 is 3.29. The molecular formula is C19H35BrO9. The summed E-state index contributed by atoms with van der Waals surface area (Å²) in [5.41, 5.74) is 0. The minimum atomic E-state index is -0.452. The first kappa shape index (κ1) is 28.4. The molecule has 172 valence electrons. The number of hydrogen-bond donors (Lipinski definition) is 0. The fraction of sp³-hybridized carbons (Fsp3) is 0.842. The van der Waals surface area contributed by atoms with E-state index in [-0.39, 0.29) is 6.61 Å². The number of alkyl halides is 1. The Labute approximate surface area is 182 Å². The van der Waals surface area contributed by atoms with Crippen molar-refractivity contribution in [3.63, 3.8) is 0 Å². The van der Waals surface area contributed by atoms with Gasteiger partial charge in [-0.3, -0.25) is 0 Å². The van der Waals surface area contributed by atoms with E-state index in [4.69, 9.17) is 37.9 Å². The molecule has 0 saturated heterocycles. The lowest BCUT2D eigenvalue weighted by atomic mass is 10.6. The van der Waals surface area contributed by atoms with Crippen molar-refractivity contribution in [1.29, 1.82) is 0 Å². The number of carbonyl (C=O) groups excluding carboxylic acids is 1. The largest absolute Gasteiger partial charge is 0.460 e. The third-order valence-electron chi connectivity index (χ3n) is 3.09. The van der Waals surface area contributed by atoms with Gasteiger partial charge in [0.15, 0.2) is 0 Å². The highest BCUT2D eigenvalue weighted by Crippen LogP contribution is 1.86. The lowest BCUT2D eigenvalue weighted by molar-refractivity contribution is -0.139. The molecule has 10 heteroatoms. The highest BCUT2D eigenvalue weighted by Gasteiger charge is 1.96. The number of hydrogen-bond acceptors (Lipinski definition) is 9. The second kappa shape index (κ2) is 25.4. The van der Waals surface area contributed by atoms with E-state index >= 15 is 0 Å². The van der Waals surface area contributed by atoms with Crippen LogP contribution in [0.3, 0.4) is 0 Å². The maximum atomic E-state index is 10.8. The molecule has 0 amide bonds. The maximum Gasteiger partial charge on any atom is 0.330 e. The molecule has 29 heavy (non-hydrogen) atoms. The summed E-state index contributed by atoms with van der Waals surface area (Å²) in [6, 6.07) is 0. The van der Waals surface area contributed by atoms with Gasteiger partial charge in [-0.1, -0.05) is 22.5 Å². The van der Waals surface area contributed by atoms with Crippen molar-refractivity contribution >= 4 is 21.9 Å². The quantitative estimate of drug-likeness (QED) is 0.0863. The Morgan fingerprint density at radius 3 is 1.10 bits per heavy atom. The van der Waals surface area contributed by atoms with Crippen LogP contribution in [0.25, 0.3) is 0 Å². The van der Waals surface area contributed by atoms with Gasteiger partial charge in [-0.15, -0.1) is 0 Å². The van der Waals surface area contributed by atoms with Crippen LogP contribution in [-0.2, 0) is 42.7 Å². The number of ether oxygens (including phenoxy) is 8. The molecule has 0 N–H and O–H groups in total. The van der Waals surface area contributed by atoms with E-state index in [1.54, 1.807) is 0 Å². The van der Waals surface area contributed by atoms with Crippen LogP contribution in [0.1, 0.15) is 0 Å². The molecule has 0 bridgehead atoms. The molecule has 0 atom stereocenters. The van der Waals surface area contributed by atoms with Crippen molar-refractivity contribution in [2.24, 2.45) is 0 Å². The van der Waals surface area contributed by atoms with Crippen molar-refractivity contribution in [3.05, 3.63) is 12.7 Å². The summed E-state index contributed by atoms with van der Waals surface area (Å²) in [6.45, 7) is 10.7. The monoisotopic (exact) mass is 486 g/mol. The van der Waals surface area contributed by atoms with Gasteiger partial charge in [0.2, 0.25) is 0 Å². The van der Waals surface area contributed by atoms with E-state index in [0.29, 0.717) is 92.5 Å². The van der Waals surface area contributed by atoms with Gasteiger partial charge in [-0.25, -0.2) is 4.79 Å². The van der Waals surface area contributed by atoms with Crippen LogP contribution in [0.2, 0.25) is 0 Å². The maximum absolute atomic E-state index is 10.8. The minimum Gasteiger partial charge on any atom is -0.460 e. The first-order valence-corrected chi connectivity index (χ1v) is 10.8. The van der Waals surface area contributed by atoms with Crippen LogP contribution in [0.4, 0.5) is 0 Å². The van der Waals surface area contributed by atoms with Crippen LogP contribution in [0, 0.1) is 0 Å². The Morgan fingerprint density at radius 1 is 0.552 bits per heavy atom. The van der Waals surface area contributed by atoms with E-state index < -0.39 is 5.97 Å². The second-order valence-corrected chi connectivity index (χ2v) is 6.14. The van der Waals surface area contributed by atoms with Crippen LogP contribution < -0.4 is 0 Å². The summed E-state index contributed by atoms with van der Waals surface area (Å²) in [5, 5.41) is 0.837. The Balaban J connectivity index is 3.01. The molecule has 0 aliphatic rings. The molecule has 0 aliphatic heterocycles. The summed E-state index contributed by atoms with van der Waals surface area (Å²) in [5.74, 6) is -0.452. The first-order chi connectivity index (χ1) is 14.3. The number of esters is 1. The van der Waals surface area contributed by atoms with Crippen LogP contribution in [0.5, 0.6) is 0 Å². The molecule has 0 aromatic rings. The predicted molar refractivity (Wildman–Crippen MR) is 111 cm³/mol. The van der Waals surface area contributed by atoms with Gasteiger partial charge in [0, 0.05) is 11.4 Å². The average Bonchev–Trinajstić information content (AvgIpc) is 2.74. The zero-order chi connectivity index (χ0) is 21.3. The van der Waals surface area contributed by atoms with E-state index in [2.05, 4.69) is 22.5 Å². The molecule has 0 spiro atoms. The summed E-state index contributed by atoms with van der Waals surface area (Å²) < 4.78 is 42.1. The van der Waals surface area contributed by atoms with E-state index in [0.717, 1.165) is 11.4 Å². The van der Waals surface area contributed by atoms with Gasteiger partial charge in [0.1, 0.15) is 6.61 Å². The van der Waals surface area contributed by atoms with Crippen molar-refractivity contribution in [1.82, 2.24) is 0 Å². The van der Waals surface area contributed by atoms with Gasteiger partial charge in [0.25, 0.3) is 0 Å². The lowest BCUT2D eigenvalue weighted by Crippen LogP contribution is -2.15. The van der Waals surface area contributed by atoms with E-state index in [1.807, 2.05) is 0 Å². The third kappa shape index (κ3) is 25.4. The molecule has 0 rings (SSSR count). The Morgan fingerprint density at radius 2 is 0.828 bits per heavy atom. The van der Waals surface area contributed by atoms with E-state index in [9.17, 15) is 4.79 Å². The third-order valence-corrected chi connectivity index (χ3v) is 3.42. The summed E-state index contributed by atoms with van der Waals surface area (Å²) in [6.07, 6.45) is 1.12. The minimum absolute atomic E-state index is 0.208. The smallest absolute Gasteiger partial charge is 0.330 e. The van der Waals surface area contributed by atoms with Crippen molar-refractivity contribution in [3.8, 4) is 0 Å². The van der Waals surface area contributed by atoms with Crippen molar-refractivity contribution in [2.45, 2.75) is 0 Å². The Hall–Kier alpha value is -0.590. The molecule has 0 fully saturated rings. The Kier molecular flexibility index (Phi) is 24.9. The molecule has 9 nitrogen and oxygen atoms in total. The number of carbonyl (C=O) groups is 1. The van der Waals surface area contributed by atoms with E-state index in [1.165, 1.54) is 0 Å². The fourth-order valence-electron chi connectivity index (χ4n) is 1.74. The summed E-state index contributed by atoms with van der Waals surface area (Å²) in [7, 11) is 0. The molecule has 0 heterocycles. The van der Waals surface area contributed by atoms with Gasteiger partial charge < -0.3 is 37.9 Å². The zero-order valence-electron chi connectivity index (χ0n) is 17.2. The van der Waals surface area contributed by atoms with Crippen molar-refractivity contribution in [2.75, 3.05) is 104 Å². The van der Waals surface area contributed by atoms with Crippen LogP contribution in [-0.4, -0.2) is 110 Å². The first-order valence-electron chi connectivity index (χ1n) is 9.70. The summed E-state index contributed by atoms with van der Waals surface area (Å²) in [4.78, 5) is 10.8. The highest BCUT2D eigenvalue weighted by atomic mass is 79.9. The fourth-order valence-corrected chi connectivity index (χ4v) is 1.97. The van der Waals surface area contributed by atoms with Gasteiger partial charge in [-0.2, -0.15) is 0 Å². The average molecular weight is 487 g/mol. The highest BCUT2D eigenvalue weighted by molar-refractivity contribution is 9.09. The molecule has 0 saturated carbocycles. The molecular weight excluding hydrogens is 452 g/mol. The number of rotatable bonds is 24. The van der Waals surface area contributed by atoms with Crippen LogP contribution in [0.15, 0.2) is 12.7 Å². The standard InChI is InChI=1S/C19H35BrO9/c1-2-19(21)29-18-17-28-16-15-27-14-13-26-12-11-25-10-9-24-8-7-23-6-5-22-4-3-20/h2H,1,3-18H2. The second-order valence-electron chi connectivity index (χ2n) is 5.35. The normalized spacial score (nSPS) is 10.9. The lowest BCUT2D eigenvalue weighted by Gasteiger charge is -2.08. The molecule has 0 aliphatic carbocycles. The van der Waals surface area contributed by atoms with Gasteiger partial charge in [-0.05, 0) is 0 Å². The molecule has 0 aromatic carbocycles. The molecule has 0 radical (unpaired) electrons. The van der Waals surface area contributed by atoms with Crippen LogP contribution >= 0.6 is 15.9 Å². The molecule has 0 unspecified atom stereocenters. The molecule has 0 aromatic heterocycles. The topological polar surface area (TPSA) is 90.9 Å². The predicted octanol–water partition coefficient (Wildman–Crippen LogP) is 1.23. The number of halogens is 1. The Bertz CT molecular complexity index is 359. The SMILES string of the molecule is C=CC(=O)OCCOCCOCCOCCOCCOCCOCCOCCBr. The van der Waals surface area contributed by atoms with Crippen molar-refractivity contribution < 1.29 is 42.7 Å².